The Morgan fingerprint density at radius 2 is 1.86 bits per heavy atom. The van der Waals surface area contributed by atoms with Gasteiger partial charge in [-0.2, -0.15) is 0 Å². The van der Waals surface area contributed by atoms with Gasteiger partial charge in [0.1, 0.15) is 16.3 Å². The van der Waals surface area contributed by atoms with Gasteiger partial charge in [0, 0.05) is 29.0 Å². The number of rotatable bonds is 10. The Kier molecular flexibility index (Phi) is 9.00. The molecule has 3 rings (SSSR count). The quantitative estimate of drug-likeness (QED) is 0.128. The number of non-ortho nitro benzene ring substituents is 1. The monoisotopic (exact) mass is 560 g/mol. The van der Waals surface area contributed by atoms with E-state index in [1.54, 1.807) is 19.1 Å². The van der Waals surface area contributed by atoms with Gasteiger partial charge in [0.05, 0.1) is 22.6 Å². The molecule has 0 spiro atoms. The van der Waals surface area contributed by atoms with Crippen molar-refractivity contribution in [2.24, 2.45) is 0 Å². The summed E-state index contributed by atoms with van der Waals surface area (Å²) in [6.45, 7) is 6.05. The number of thiophene rings is 1. The number of anilines is 1. The fourth-order valence-corrected chi connectivity index (χ4v) is 5.14. The van der Waals surface area contributed by atoms with Crippen LogP contribution in [0.15, 0.2) is 46.9 Å². The number of carbonyl (C=O) groups is 2. The van der Waals surface area contributed by atoms with E-state index in [0.29, 0.717) is 34.9 Å². The summed E-state index contributed by atoms with van der Waals surface area (Å²) in [6, 6.07) is 11.7. The molecule has 1 N–H and O–H groups in total. The van der Waals surface area contributed by atoms with Gasteiger partial charge in [-0.25, -0.2) is 4.79 Å². The number of hydrogen-bond donors (Lipinski definition) is 1. The minimum absolute atomic E-state index is 0.0484. The maximum Gasteiger partial charge on any atom is 0.341 e. The number of amides is 1. The Balaban J connectivity index is 1.73. The van der Waals surface area contributed by atoms with Gasteiger partial charge in [-0.15, -0.1) is 11.3 Å². The summed E-state index contributed by atoms with van der Waals surface area (Å²) >= 11 is 4.73. The van der Waals surface area contributed by atoms with E-state index in [0.717, 1.165) is 14.9 Å². The number of halogens is 1. The van der Waals surface area contributed by atoms with Crippen LogP contribution in [0.3, 0.4) is 0 Å². The molecular formula is C25H25BrN2O6S. The first-order chi connectivity index (χ1) is 16.7. The summed E-state index contributed by atoms with van der Waals surface area (Å²) < 4.78 is 11.8. The molecule has 0 aliphatic heterocycles. The zero-order valence-electron chi connectivity index (χ0n) is 19.6. The van der Waals surface area contributed by atoms with Gasteiger partial charge in [-0.3, -0.25) is 14.9 Å². The first-order valence-corrected chi connectivity index (χ1v) is 12.6. The van der Waals surface area contributed by atoms with Gasteiger partial charge in [0.15, 0.2) is 0 Å². The topological polar surface area (TPSA) is 108 Å². The average Bonchev–Trinajstić information content (AvgIpc) is 3.13. The van der Waals surface area contributed by atoms with Crippen molar-refractivity contribution in [1.29, 1.82) is 0 Å². The normalized spacial score (nSPS) is 10.6. The number of nitrogens with one attached hydrogen (secondary N) is 1. The zero-order chi connectivity index (χ0) is 25.5. The molecule has 0 saturated carbocycles. The molecule has 1 aromatic heterocycles. The van der Waals surface area contributed by atoms with E-state index in [-0.39, 0.29) is 30.2 Å². The number of ether oxygens (including phenoxy) is 2. The summed E-state index contributed by atoms with van der Waals surface area (Å²) in [4.78, 5) is 36.7. The van der Waals surface area contributed by atoms with Crippen molar-refractivity contribution in [3.8, 4) is 16.9 Å². The highest BCUT2D eigenvalue weighted by Gasteiger charge is 2.25. The molecule has 10 heteroatoms. The summed E-state index contributed by atoms with van der Waals surface area (Å²) in [5, 5.41) is 14.2. The SMILES string of the molecule is CCOC(=O)c1c(NC(=O)CCCOc2ccc(C)cc2Br)sc(C)c1-c1ccc([N+](=O)[O-])cc1. The van der Waals surface area contributed by atoms with E-state index in [2.05, 4.69) is 21.2 Å². The Hall–Kier alpha value is -3.24. The van der Waals surface area contributed by atoms with Crippen molar-refractivity contribution in [2.45, 2.75) is 33.6 Å². The molecule has 1 amide bonds. The first kappa shape index (κ1) is 26.4. The minimum Gasteiger partial charge on any atom is -0.492 e. The lowest BCUT2D eigenvalue weighted by molar-refractivity contribution is -0.384. The molecule has 0 saturated heterocycles. The molecule has 0 unspecified atom stereocenters. The summed E-state index contributed by atoms with van der Waals surface area (Å²) in [7, 11) is 0. The predicted octanol–water partition coefficient (Wildman–Crippen LogP) is 6.68. The van der Waals surface area contributed by atoms with E-state index in [1.165, 1.54) is 23.5 Å². The Bertz CT molecular complexity index is 1240. The van der Waals surface area contributed by atoms with Crippen molar-refractivity contribution in [3.63, 3.8) is 0 Å². The van der Waals surface area contributed by atoms with Gasteiger partial charge in [-0.1, -0.05) is 6.07 Å². The number of hydrogen-bond acceptors (Lipinski definition) is 7. The van der Waals surface area contributed by atoms with Crippen LogP contribution < -0.4 is 10.1 Å². The fraction of sp³-hybridized carbons (Fsp3) is 0.280. The van der Waals surface area contributed by atoms with Crippen LogP contribution in [0.1, 0.15) is 40.6 Å². The molecule has 184 valence electrons. The fourth-order valence-electron chi connectivity index (χ4n) is 3.46. The lowest BCUT2D eigenvalue weighted by atomic mass is 10.0. The number of aryl methyl sites for hydroxylation is 2. The highest BCUT2D eigenvalue weighted by Crippen LogP contribution is 2.41. The second kappa shape index (κ2) is 11.9. The van der Waals surface area contributed by atoms with Crippen LogP contribution in [-0.4, -0.2) is 30.0 Å². The number of carbonyl (C=O) groups excluding carboxylic acids is 2. The maximum absolute atomic E-state index is 12.8. The van der Waals surface area contributed by atoms with E-state index in [9.17, 15) is 19.7 Å². The highest BCUT2D eigenvalue weighted by atomic mass is 79.9. The highest BCUT2D eigenvalue weighted by molar-refractivity contribution is 9.10. The molecule has 0 aliphatic carbocycles. The zero-order valence-corrected chi connectivity index (χ0v) is 22.0. The summed E-state index contributed by atoms with van der Waals surface area (Å²) in [5.41, 5.74) is 2.53. The van der Waals surface area contributed by atoms with Crippen molar-refractivity contribution in [3.05, 3.63) is 73.1 Å². The number of nitrogens with zero attached hydrogens (tertiary/aromatic N) is 1. The lowest BCUT2D eigenvalue weighted by Crippen LogP contribution is -2.15. The molecule has 0 aliphatic rings. The van der Waals surface area contributed by atoms with E-state index in [1.807, 2.05) is 32.0 Å². The molecule has 1 heterocycles. The smallest absolute Gasteiger partial charge is 0.341 e. The molecule has 0 fully saturated rings. The van der Waals surface area contributed by atoms with Crippen LogP contribution in [0.4, 0.5) is 10.7 Å². The summed E-state index contributed by atoms with van der Waals surface area (Å²) in [5.74, 6) is -0.103. The molecule has 0 bridgehead atoms. The third kappa shape index (κ3) is 6.67. The van der Waals surface area contributed by atoms with Crippen molar-refractivity contribution in [1.82, 2.24) is 0 Å². The molecule has 8 nitrogen and oxygen atoms in total. The Labute approximate surface area is 215 Å². The van der Waals surface area contributed by atoms with Gasteiger partial charge in [0.25, 0.3) is 5.69 Å². The molecule has 0 radical (unpaired) electrons. The van der Waals surface area contributed by atoms with E-state index in [4.69, 9.17) is 9.47 Å². The minimum atomic E-state index is -0.562. The van der Waals surface area contributed by atoms with Gasteiger partial charge in [0.2, 0.25) is 5.91 Å². The lowest BCUT2D eigenvalue weighted by Gasteiger charge is -2.10. The number of nitro groups is 1. The summed E-state index contributed by atoms with van der Waals surface area (Å²) in [6.07, 6.45) is 0.690. The number of nitro benzene ring substituents is 1. The number of benzene rings is 2. The predicted molar refractivity (Wildman–Crippen MR) is 139 cm³/mol. The molecule has 0 atom stereocenters. The second-order valence-corrected chi connectivity index (χ2v) is 9.77. The van der Waals surface area contributed by atoms with Crippen molar-refractivity contribution in [2.75, 3.05) is 18.5 Å². The van der Waals surface area contributed by atoms with E-state index < -0.39 is 10.9 Å². The second-order valence-electron chi connectivity index (χ2n) is 7.70. The average molecular weight is 561 g/mol. The molecule has 2 aromatic carbocycles. The maximum atomic E-state index is 12.8. The van der Waals surface area contributed by atoms with Gasteiger partial charge < -0.3 is 14.8 Å². The molecule has 3 aromatic rings. The molecular weight excluding hydrogens is 536 g/mol. The standard InChI is InChI=1S/C25H25BrN2O6S/c1-4-33-25(30)23-22(17-8-10-18(11-9-17)28(31)32)16(3)35-24(23)27-21(29)6-5-13-34-20-12-7-15(2)14-19(20)26/h7-12,14H,4-6,13H2,1-3H3,(H,27,29). The van der Waals surface area contributed by atoms with Crippen LogP contribution >= 0.6 is 27.3 Å². The third-order valence-corrected chi connectivity index (χ3v) is 6.72. The van der Waals surface area contributed by atoms with Crippen LogP contribution in [-0.2, 0) is 9.53 Å². The van der Waals surface area contributed by atoms with E-state index >= 15 is 0 Å². The van der Waals surface area contributed by atoms with Crippen LogP contribution in [0, 0.1) is 24.0 Å². The van der Waals surface area contributed by atoms with Crippen molar-refractivity contribution < 1.29 is 24.0 Å². The van der Waals surface area contributed by atoms with Crippen LogP contribution in [0.25, 0.3) is 11.1 Å². The number of esters is 1. The molecule has 35 heavy (non-hydrogen) atoms. The Morgan fingerprint density at radius 3 is 2.49 bits per heavy atom. The van der Waals surface area contributed by atoms with Gasteiger partial charge in [-0.05, 0) is 78.5 Å². The van der Waals surface area contributed by atoms with Gasteiger partial charge >= 0.3 is 5.97 Å². The van der Waals surface area contributed by atoms with Crippen molar-refractivity contribution >= 4 is 49.8 Å². The largest absolute Gasteiger partial charge is 0.492 e. The van der Waals surface area contributed by atoms with Crippen LogP contribution in [0.5, 0.6) is 5.75 Å². The van der Waals surface area contributed by atoms with Crippen LogP contribution in [0.2, 0.25) is 0 Å². The third-order valence-electron chi connectivity index (χ3n) is 5.08. The Morgan fingerprint density at radius 1 is 1.14 bits per heavy atom. The first-order valence-electron chi connectivity index (χ1n) is 10.9.